The van der Waals surface area contributed by atoms with Crippen LogP contribution in [0.25, 0.3) is 0 Å². The van der Waals surface area contributed by atoms with Crippen LogP contribution in [-0.4, -0.2) is 21.3 Å². The van der Waals surface area contributed by atoms with Crippen LogP contribution >= 0.6 is 0 Å². The Balaban J connectivity index is 2.21. The molecule has 1 aromatic heterocycles. The van der Waals surface area contributed by atoms with Crippen LogP contribution in [0.15, 0.2) is 36.5 Å². The zero-order chi connectivity index (χ0) is 15.4. The summed E-state index contributed by atoms with van der Waals surface area (Å²) in [5.74, 6) is 0.608. The normalized spacial score (nSPS) is 12.2. The van der Waals surface area contributed by atoms with E-state index < -0.39 is 0 Å². The fraction of sp³-hybridized carbons (Fsp3) is 0.312. The van der Waals surface area contributed by atoms with Crippen LogP contribution in [0.3, 0.4) is 0 Å². The number of phenols is 2. The van der Waals surface area contributed by atoms with E-state index in [1.165, 1.54) is 6.07 Å². The van der Waals surface area contributed by atoms with E-state index in [-0.39, 0.29) is 23.6 Å². The van der Waals surface area contributed by atoms with E-state index in [4.69, 9.17) is 4.74 Å². The van der Waals surface area contributed by atoms with E-state index in [1.807, 2.05) is 32.9 Å². The number of anilines is 1. The Labute approximate surface area is 124 Å². The molecule has 1 unspecified atom stereocenters. The van der Waals surface area contributed by atoms with Crippen molar-refractivity contribution in [1.82, 2.24) is 4.98 Å². The molecule has 5 nitrogen and oxygen atoms in total. The largest absolute Gasteiger partial charge is 0.508 e. The van der Waals surface area contributed by atoms with E-state index in [2.05, 4.69) is 10.3 Å². The third-order valence-electron chi connectivity index (χ3n) is 2.97. The van der Waals surface area contributed by atoms with Crippen LogP contribution in [0, 0.1) is 0 Å². The van der Waals surface area contributed by atoms with Crippen LogP contribution < -0.4 is 10.1 Å². The molecule has 5 heteroatoms. The van der Waals surface area contributed by atoms with Crippen molar-refractivity contribution >= 4 is 5.69 Å². The minimum Gasteiger partial charge on any atom is -0.508 e. The van der Waals surface area contributed by atoms with Crippen molar-refractivity contribution in [2.24, 2.45) is 0 Å². The van der Waals surface area contributed by atoms with Crippen molar-refractivity contribution in [3.05, 3.63) is 42.1 Å². The third-order valence-corrected chi connectivity index (χ3v) is 2.97. The molecule has 21 heavy (non-hydrogen) atoms. The zero-order valence-corrected chi connectivity index (χ0v) is 12.4. The molecule has 0 fully saturated rings. The quantitative estimate of drug-likeness (QED) is 0.785. The second kappa shape index (κ2) is 6.35. The number of hydrogen-bond donors (Lipinski definition) is 3. The summed E-state index contributed by atoms with van der Waals surface area (Å²) >= 11 is 0. The van der Waals surface area contributed by atoms with Gasteiger partial charge in [0, 0.05) is 17.8 Å². The molecule has 0 aliphatic carbocycles. The summed E-state index contributed by atoms with van der Waals surface area (Å²) in [5, 5.41) is 22.5. The highest BCUT2D eigenvalue weighted by molar-refractivity contribution is 5.55. The maximum Gasteiger partial charge on any atom is 0.237 e. The minimum atomic E-state index is -0.163. The summed E-state index contributed by atoms with van der Waals surface area (Å²) in [6.07, 6.45) is 1.70. The van der Waals surface area contributed by atoms with Gasteiger partial charge < -0.3 is 20.3 Å². The van der Waals surface area contributed by atoms with Crippen molar-refractivity contribution in [3.8, 4) is 17.4 Å². The van der Waals surface area contributed by atoms with E-state index in [1.54, 1.807) is 18.3 Å². The lowest BCUT2D eigenvalue weighted by atomic mass is 10.1. The van der Waals surface area contributed by atoms with E-state index in [0.29, 0.717) is 11.4 Å². The van der Waals surface area contributed by atoms with Crippen molar-refractivity contribution in [3.63, 3.8) is 0 Å². The first-order chi connectivity index (χ1) is 9.97. The Hall–Kier alpha value is -2.43. The predicted octanol–water partition coefficient (Wildman–Crippen LogP) is 3.45. The molecule has 0 aliphatic rings. The summed E-state index contributed by atoms with van der Waals surface area (Å²) in [5.41, 5.74) is 1.44. The number of pyridine rings is 1. The first-order valence-corrected chi connectivity index (χ1v) is 6.87. The molecule has 0 bridgehead atoms. The van der Waals surface area contributed by atoms with Crippen LogP contribution in [0.2, 0.25) is 0 Å². The molecule has 0 spiro atoms. The Morgan fingerprint density at radius 1 is 1.14 bits per heavy atom. The highest BCUT2D eigenvalue weighted by atomic mass is 16.5. The molecular formula is C16H20N2O3. The number of benzene rings is 1. The Bertz CT molecular complexity index is 614. The highest BCUT2D eigenvalue weighted by Crippen LogP contribution is 2.32. The number of aromatic hydroxyl groups is 2. The monoisotopic (exact) mass is 288 g/mol. The standard InChI is InChI=1S/C16H20N2O3/c1-10(2)21-16-14(5-4-8-17-16)18-11(3)13-7-6-12(19)9-15(13)20/h4-11,18-20H,1-3H3. The fourth-order valence-electron chi connectivity index (χ4n) is 2.03. The lowest BCUT2D eigenvalue weighted by molar-refractivity contribution is 0.234. The van der Waals surface area contributed by atoms with Crippen molar-refractivity contribution < 1.29 is 14.9 Å². The SMILES string of the molecule is CC(C)Oc1ncccc1NC(C)c1ccc(O)cc1O. The van der Waals surface area contributed by atoms with Gasteiger partial charge in [0.05, 0.1) is 17.8 Å². The molecule has 0 radical (unpaired) electrons. The molecule has 0 aliphatic heterocycles. The van der Waals surface area contributed by atoms with Crippen LogP contribution in [0.1, 0.15) is 32.4 Å². The number of phenolic OH excluding ortho intramolecular Hbond substituents is 2. The van der Waals surface area contributed by atoms with Crippen molar-refractivity contribution in [2.45, 2.75) is 32.9 Å². The molecule has 2 rings (SSSR count). The summed E-state index contributed by atoms with van der Waals surface area (Å²) < 4.78 is 5.66. The van der Waals surface area contributed by atoms with Crippen LogP contribution in [0.5, 0.6) is 17.4 Å². The Morgan fingerprint density at radius 3 is 2.57 bits per heavy atom. The lowest BCUT2D eigenvalue weighted by Gasteiger charge is -2.19. The van der Waals surface area contributed by atoms with Gasteiger partial charge in [-0.25, -0.2) is 4.98 Å². The van der Waals surface area contributed by atoms with Gasteiger partial charge in [-0.05, 0) is 45.0 Å². The molecule has 0 saturated carbocycles. The van der Waals surface area contributed by atoms with E-state index >= 15 is 0 Å². The lowest BCUT2D eigenvalue weighted by Crippen LogP contribution is -2.12. The number of hydrogen-bond acceptors (Lipinski definition) is 5. The second-order valence-corrected chi connectivity index (χ2v) is 5.13. The molecule has 1 aromatic carbocycles. The number of nitrogens with zero attached hydrogens (tertiary/aromatic N) is 1. The van der Waals surface area contributed by atoms with Crippen LogP contribution in [0.4, 0.5) is 5.69 Å². The molecule has 0 saturated heterocycles. The van der Waals surface area contributed by atoms with Gasteiger partial charge in [0.25, 0.3) is 0 Å². The molecule has 2 aromatic rings. The molecule has 3 N–H and O–H groups in total. The molecule has 1 atom stereocenters. The second-order valence-electron chi connectivity index (χ2n) is 5.13. The minimum absolute atomic E-state index is 0.0258. The topological polar surface area (TPSA) is 74.6 Å². The maximum absolute atomic E-state index is 9.91. The molecular weight excluding hydrogens is 268 g/mol. The number of nitrogens with one attached hydrogen (secondary N) is 1. The average molecular weight is 288 g/mol. The van der Waals surface area contributed by atoms with Gasteiger partial charge >= 0.3 is 0 Å². The first-order valence-electron chi connectivity index (χ1n) is 6.87. The van der Waals surface area contributed by atoms with Gasteiger partial charge in [-0.15, -0.1) is 0 Å². The number of ether oxygens (including phenoxy) is 1. The number of aromatic nitrogens is 1. The van der Waals surface area contributed by atoms with Gasteiger partial charge in [-0.2, -0.15) is 0 Å². The third kappa shape index (κ3) is 3.78. The van der Waals surface area contributed by atoms with Gasteiger partial charge in [0.2, 0.25) is 5.88 Å². The average Bonchev–Trinajstić information content (AvgIpc) is 2.40. The van der Waals surface area contributed by atoms with E-state index in [0.717, 1.165) is 5.69 Å². The Kier molecular flexibility index (Phi) is 4.52. The van der Waals surface area contributed by atoms with Gasteiger partial charge in [-0.1, -0.05) is 0 Å². The Morgan fingerprint density at radius 2 is 1.90 bits per heavy atom. The summed E-state index contributed by atoms with van der Waals surface area (Å²) in [6.45, 7) is 5.79. The molecule has 112 valence electrons. The zero-order valence-electron chi connectivity index (χ0n) is 12.4. The van der Waals surface area contributed by atoms with Gasteiger partial charge in [-0.3, -0.25) is 0 Å². The smallest absolute Gasteiger partial charge is 0.237 e. The summed E-state index contributed by atoms with van der Waals surface area (Å²) in [6, 6.07) is 8.08. The van der Waals surface area contributed by atoms with Crippen molar-refractivity contribution in [1.29, 1.82) is 0 Å². The molecule has 1 heterocycles. The predicted molar refractivity (Wildman–Crippen MR) is 81.8 cm³/mol. The highest BCUT2D eigenvalue weighted by Gasteiger charge is 2.14. The molecule has 0 amide bonds. The summed E-state index contributed by atoms with van der Waals surface area (Å²) in [7, 11) is 0. The summed E-state index contributed by atoms with van der Waals surface area (Å²) in [4.78, 5) is 4.21. The van der Waals surface area contributed by atoms with Gasteiger partial charge in [0.15, 0.2) is 0 Å². The van der Waals surface area contributed by atoms with Crippen molar-refractivity contribution in [2.75, 3.05) is 5.32 Å². The van der Waals surface area contributed by atoms with Gasteiger partial charge in [0.1, 0.15) is 11.5 Å². The van der Waals surface area contributed by atoms with E-state index in [9.17, 15) is 10.2 Å². The number of rotatable bonds is 5. The first kappa shape index (κ1) is 15.0. The maximum atomic E-state index is 9.91. The van der Waals surface area contributed by atoms with Crippen LogP contribution in [-0.2, 0) is 0 Å². The fourth-order valence-corrected chi connectivity index (χ4v) is 2.03.